The maximum absolute atomic E-state index is 12.2. The van der Waals surface area contributed by atoms with Gasteiger partial charge in [-0.3, -0.25) is 4.79 Å². The Bertz CT molecular complexity index is 1010. The molecular weight excluding hydrogens is 377 g/mol. The molecule has 0 bridgehead atoms. The predicted octanol–water partition coefficient (Wildman–Crippen LogP) is 3.82. The van der Waals surface area contributed by atoms with E-state index in [4.69, 9.17) is 5.53 Å². The van der Waals surface area contributed by atoms with Gasteiger partial charge in [-0.2, -0.15) is 5.53 Å². The van der Waals surface area contributed by atoms with Crippen LogP contribution >= 0.6 is 0 Å². The van der Waals surface area contributed by atoms with Gasteiger partial charge in [-0.1, -0.05) is 11.3 Å². The first-order chi connectivity index (χ1) is 13.3. The summed E-state index contributed by atoms with van der Waals surface area (Å²) in [5.41, 5.74) is 10.9. The Kier molecular flexibility index (Phi) is 5.07. The zero-order chi connectivity index (χ0) is 20.3. The third kappa shape index (κ3) is 4.31. The monoisotopic (exact) mass is 390 g/mol. The highest BCUT2D eigenvalue weighted by Gasteiger charge is 2.31. The van der Waals surface area contributed by atoms with Gasteiger partial charge in [0.05, 0.1) is 5.69 Å². The van der Waals surface area contributed by atoms with E-state index in [1.807, 2.05) is 5.43 Å². The fraction of sp³-hybridized carbons (Fsp3) is 0.118. The molecule has 2 aromatic carbocycles. The second-order valence-electron chi connectivity index (χ2n) is 5.64. The minimum atomic E-state index is -4.75. The van der Waals surface area contributed by atoms with Crippen molar-refractivity contribution in [2.24, 2.45) is 5.22 Å². The number of rotatable bonds is 5. The smallest absolute Gasteiger partial charge is 0.406 e. The van der Waals surface area contributed by atoms with Crippen LogP contribution in [0.4, 0.5) is 13.2 Å². The van der Waals surface area contributed by atoms with Crippen molar-refractivity contribution in [1.29, 1.82) is 5.53 Å². The van der Waals surface area contributed by atoms with Gasteiger partial charge in [0.15, 0.2) is 5.82 Å². The summed E-state index contributed by atoms with van der Waals surface area (Å²) >= 11 is 0. The van der Waals surface area contributed by atoms with Crippen LogP contribution in [0.1, 0.15) is 15.9 Å². The van der Waals surface area contributed by atoms with Crippen LogP contribution in [0.3, 0.4) is 0 Å². The van der Waals surface area contributed by atoms with Crippen LogP contribution in [0.15, 0.2) is 54.0 Å². The molecule has 0 saturated heterocycles. The molecule has 8 nitrogen and oxygen atoms in total. The lowest BCUT2D eigenvalue weighted by Crippen LogP contribution is -2.17. The fourth-order valence-electron chi connectivity index (χ4n) is 2.49. The SMILES string of the molecule is Cc1cc(-c2ncn(-c3ccc(OC(F)(F)F)cc3)n2)ccc1C(=O)NN=N. The fourth-order valence-corrected chi connectivity index (χ4v) is 2.49. The molecule has 0 spiro atoms. The zero-order valence-corrected chi connectivity index (χ0v) is 14.4. The number of carbonyl (C=O) groups is 1. The number of aromatic nitrogens is 3. The first-order valence-corrected chi connectivity index (χ1v) is 7.82. The van der Waals surface area contributed by atoms with Crippen LogP contribution < -0.4 is 10.2 Å². The molecule has 0 saturated carbocycles. The average molecular weight is 390 g/mol. The van der Waals surface area contributed by atoms with E-state index in [2.05, 4.69) is 20.0 Å². The molecule has 144 valence electrons. The van der Waals surface area contributed by atoms with Gasteiger partial charge in [0, 0.05) is 11.1 Å². The quantitative estimate of drug-likeness (QED) is 0.510. The van der Waals surface area contributed by atoms with E-state index in [1.54, 1.807) is 25.1 Å². The first-order valence-electron chi connectivity index (χ1n) is 7.82. The van der Waals surface area contributed by atoms with E-state index in [1.165, 1.54) is 35.3 Å². The van der Waals surface area contributed by atoms with Gasteiger partial charge in [-0.25, -0.2) is 15.1 Å². The zero-order valence-electron chi connectivity index (χ0n) is 14.4. The summed E-state index contributed by atoms with van der Waals surface area (Å²) in [4.78, 5) is 16.0. The molecule has 1 aromatic heterocycles. The van der Waals surface area contributed by atoms with Crippen LogP contribution in [-0.4, -0.2) is 27.0 Å². The number of nitrogens with zero attached hydrogens (tertiary/aromatic N) is 4. The van der Waals surface area contributed by atoms with Gasteiger partial charge in [0.1, 0.15) is 12.1 Å². The number of ether oxygens (including phenoxy) is 1. The van der Waals surface area contributed by atoms with Crippen molar-refractivity contribution in [3.63, 3.8) is 0 Å². The Labute approximate surface area is 156 Å². The summed E-state index contributed by atoms with van der Waals surface area (Å²) in [6.45, 7) is 1.72. The minimum absolute atomic E-state index is 0.333. The summed E-state index contributed by atoms with van der Waals surface area (Å²) in [6, 6.07) is 10.1. The van der Waals surface area contributed by atoms with E-state index < -0.39 is 12.3 Å². The number of aryl methyl sites for hydroxylation is 1. The molecule has 0 aliphatic rings. The molecule has 1 amide bonds. The highest BCUT2D eigenvalue weighted by atomic mass is 19.4. The Morgan fingerprint density at radius 2 is 1.93 bits per heavy atom. The molecule has 0 aliphatic carbocycles. The third-order valence-electron chi connectivity index (χ3n) is 3.71. The lowest BCUT2D eigenvalue weighted by molar-refractivity contribution is -0.274. The molecule has 11 heteroatoms. The maximum atomic E-state index is 12.2. The molecule has 2 N–H and O–H groups in total. The molecule has 0 unspecified atom stereocenters. The molecule has 28 heavy (non-hydrogen) atoms. The molecule has 0 atom stereocenters. The maximum Gasteiger partial charge on any atom is 0.573 e. The second-order valence-corrected chi connectivity index (χ2v) is 5.64. The second kappa shape index (κ2) is 7.47. The standard InChI is InChI=1S/C17H13F3N6O2/c1-10-8-11(2-7-14(10)16(27)23-25-21)15-22-9-26(24-15)12-3-5-13(6-4-12)28-17(18,19)20/h2-9H,1H3,(H2,21,23,27). The first kappa shape index (κ1) is 19.0. The van der Waals surface area contributed by atoms with Gasteiger partial charge in [0.2, 0.25) is 0 Å². The number of alkyl halides is 3. The number of amides is 1. The van der Waals surface area contributed by atoms with E-state index >= 15 is 0 Å². The summed E-state index contributed by atoms with van der Waals surface area (Å²) in [7, 11) is 0. The number of benzene rings is 2. The van der Waals surface area contributed by atoms with Gasteiger partial charge < -0.3 is 4.74 Å². The lowest BCUT2D eigenvalue weighted by atomic mass is 10.0. The van der Waals surface area contributed by atoms with Crippen molar-refractivity contribution >= 4 is 5.91 Å². The van der Waals surface area contributed by atoms with Crippen molar-refractivity contribution in [2.45, 2.75) is 13.3 Å². The highest BCUT2D eigenvalue weighted by molar-refractivity contribution is 5.95. The topological polar surface area (TPSA) is 105 Å². The Balaban J connectivity index is 1.81. The van der Waals surface area contributed by atoms with Crippen molar-refractivity contribution in [3.05, 3.63) is 59.9 Å². The molecular formula is C17H13F3N6O2. The largest absolute Gasteiger partial charge is 0.573 e. The van der Waals surface area contributed by atoms with Crippen LogP contribution in [-0.2, 0) is 0 Å². The Hall–Kier alpha value is -3.76. The van der Waals surface area contributed by atoms with Crippen LogP contribution in [0, 0.1) is 12.5 Å². The molecule has 1 heterocycles. The van der Waals surface area contributed by atoms with Crippen molar-refractivity contribution in [1.82, 2.24) is 20.2 Å². The molecule has 0 aliphatic heterocycles. The van der Waals surface area contributed by atoms with E-state index in [0.29, 0.717) is 28.2 Å². The summed E-state index contributed by atoms with van der Waals surface area (Å²) in [5.74, 6) is -0.463. The molecule has 0 radical (unpaired) electrons. The average Bonchev–Trinajstić information content (AvgIpc) is 3.11. The third-order valence-corrected chi connectivity index (χ3v) is 3.71. The molecule has 0 fully saturated rings. The Morgan fingerprint density at radius 1 is 1.21 bits per heavy atom. The number of hydrogen-bond acceptors (Lipinski definition) is 6. The molecule has 3 aromatic rings. The highest BCUT2D eigenvalue weighted by Crippen LogP contribution is 2.24. The van der Waals surface area contributed by atoms with Gasteiger partial charge in [0.25, 0.3) is 5.91 Å². The van der Waals surface area contributed by atoms with Crippen LogP contribution in [0.2, 0.25) is 0 Å². The van der Waals surface area contributed by atoms with Crippen LogP contribution in [0.5, 0.6) is 5.75 Å². The number of hydrogen-bond donors (Lipinski definition) is 2. The van der Waals surface area contributed by atoms with Crippen molar-refractivity contribution < 1.29 is 22.7 Å². The summed E-state index contributed by atoms with van der Waals surface area (Å²) in [5, 5.41) is 7.15. The lowest BCUT2D eigenvalue weighted by Gasteiger charge is -2.09. The molecule has 3 rings (SSSR count). The number of halogens is 3. The van der Waals surface area contributed by atoms with Crippen molar-refractivity contribution in [3.8, 4) is 22.8 Å². The van der Waals surface area contributed by atoms with Crippen molar-refractivity contribution in [2.75, 3.05) is 0 Å². The summed E-state index contributed by atoms with van der Waals surface area (Å²) in [6.07, 6.45) is -3.33. The van der Waals surface area contributed by atoms with Gasteiger partial charge in [-0.15, -0.1) is 18.3 Å². The summed E-state index contributed by atoms with van der Waals surface area (Å²) < 4.78 is 41.9. The Morgan fingerprint density at radius 3 is 2.54 bits per heavy atom. The minimum Gasteiger partial charge on any atom is -0.406 e. The van der Waals surface area contributed by atoms with E-state index in [-0.39, 0.29) is 5.75 Å². The van der Waals surface area contributed by atoms with E-state index in [0.717, 1.165) is 0 Å². The normalized spacial score (nSPS) is 11.1. The van der Waals surface area contributed by atoms with Gasteiger partial charge >= 0.3 is 6.36 Å². The van der Waals surface area contributed by atoms with E-state index in [9.17, 15) is 18.0 Å². The van der Waals surface area contributed by atoms with Crippen LogP contribution in [0.25, 0.3) is 17.1 Å². The number of carbonyl (C=O) groups excluding carboxylic acids is 1. The number of nitrogens with one attached hydrogen (secondary N) is 2. The van der Waals surface area contributed by atoms with Gasteiger partial charge in [-0.05, 0) is 48.9 Å². The predicted molar refractivity (Wildman–Crippen MR) is 90.8 cm³/mol.